The van der Waals surface area contributed by atoms with Gasteiger partial charge < -0.3 is 4.42 Å². The highest BCUT2D eigenvalue weighted by molar-refractivity contribution is 6.29. The molecule has 0 bridgehead atoms. The van der Waals surface area contributed by atoms with E-state index in [-0.39, 0.29) is 16.9 Å². The van der Waals surface area contributed by atoms with Crippen molar-refractivity contribution < 1.29 is 14.0 Å². The van der Waals surface area contributed by atoms with Gasteiger partial charge in [0.1, 0.15) is 0 Å². The molecular formula is C7H8ClNO3. The van der Waals surface area contributed by atoms with Crippen LogP contribution in [-0.2, 0) is 4.84 Å². The molecule has 1 amide bonds. The minimum Gasteiger partial charge on any atom is -0.439 e. The average Bonchev–Trinajstić information content (AvgIpc) is 2.49. The number of nitrogens with zero attached hydrogens (tertiary/aromatic N) is 1. The first-order chi connectivity index (χ1) is 5.65. The first-order valence-electron chi connectivity index (χ1n) is 3.22. The van der Waals surface area contributed by atoms with Crippen LogP contribution in [0.5, 0.6) is 0 Å². The quantitative estimate of drug-likeness (QED) is 0.664. The molecule has 1 heterocycles. The minimum atomic E-state index is -0.371. The van der Waals surface area contributed by atoms with Crippen molar-refractivity contribution in [1.29, 1.82) is 0 Å². The Hall–Kier alpha value is -1.00. The van der Waals surface area contributed by atoms with Gasteiger partial charge in [0.15, 0.2) is 11.0 Å². The van der Waals surface area contributed by atoms with Crippen LogP contribution in [0.25, 0.3) is 0 Å². The highest BCUT2D eigenvalue weighted by Gasteiger charge is 2.14. The normalized spacial score (nSPS) is 9.92. The molecule has 0 radical (unpaired) electrons. The van der Waals surface area contributed by atoms with Crippen molar-refractivity contribution >= 4 is 17.5 Å². The zero-order valence-corrected chi connectivity index (χ0v) is 7.46. The molecule has 12 heavy (non-hydrogen) atoms. The van der Waals surface area contributed by atoms with Crippen LogP contribution in [-0.4, -0.2) is 25.1 Å². The summed E-state index contributed by atoms with van der Waals surface area (Å²) in [6, 6.07) is 2.98. The molecule has 0 saturated heterocycles. The van der Waals surface area contributed by atoms with Crippen LogP contribution in [0.4, 0.5) is 0 Å². The van der Waals surface area contributed by atoms with Crippen LogP contribution in [0.1, 0.15) is 10.6 Å². The summed E-state index contributed by atoms with van der Waals surface area (Å²) in [5, 5.41) is 1.23. The van der Waals surface area contributed by atoms with Crippen LogP contribution in [0.3, 0.4) is 0 Å². The molecule has 0 aromatic carbocycles. The van der Waals surface area contributed by atoms with Gasteiger partial charge >= 0.3 is 5.91 Å². The fourth-order valence-corrected chi connectivity index (χ4v) is 0.813. The van der Waals surface area contributed by atoms with Gasteiger partial charge in [-0.05, 0) is 23.7 Å². The fourth-order valence-electron chi connectivity index (χ4n) is 0.667. The highest BCUT2D eigenvalue weighted by Crippen LogP contribution is 2.14. The molecule has 0 aliphatic rings. The van der Waals surface area contributed by atoms with Gasteiger partial charge in [0.25, 0.3) is 0 Å². The predicted molar refractivity (Wildman–Crippen MR) is 42.8 cm³/mol. The molecule has 0 spiro atoms. The molecule has 0 fully saturated rings. The summed E-state index contributed by atoms with van der Waals surface area (Å²) in [6.45, 7) is 0. The highest BCUT2D eigenvalue weighted by atomic mass is 35.5. The molecule has 0 N–H and O–H groups in total. The Balaban J connectivity index is 2.78. The third kappa shape index (κ3) is 1.78. The van der Waals surface area contributed by atoms with Gasteiger partial charge in [-0.1, -0.05) is 0 Å². The molecule has 1 aromatic heterocycles. The number of hydroxylamine groups is 2. The second kappa shape index (κ2) is 3.60. The Labute approximate surface area is 74.6 Å². The molecule has 0 saturated carbocycles. The lowest BCUT2D eigenvalue weighted by Gasteiger charge is -2.10. The number of carbonyl (C=O) groups excluding carboxylic acids is 1. The van der Waals surface area contributed by atoms with Crippen LogP contribution in [0.2, 0.25) is 5.22 Å². The third-order valence-corrected chi connectivity index (χ3v) is 1.55. The molecular weight excluding hydrogens is 182 g/mol. The number of amides is 1. The number of halogens is 1. The zero-order valence-electron chi connectivity index (χ0n) is 6.70. The van der Waals surface area contributed by atoms with Gasteiger partial charge in [0, 0.05) is 7.05 Å². The van der Waals surface area contributed by atoms with Crippen LogP contribution < -0.4 is 0 Å². The summed E-state index contributed by atoms with van der Waals surface area (Å²) in [6.07, 6.45) is 0. The molecule has 0 aliphatic heterocycles. The van der Waals surface area contributed by atoms with Gasteiger partial charge in [-0.25, -0.2) is 5.06 Å². The Morgan fingerprint density at radius 1 is 1.67 bits per heavy atom. The number of hydrogen-bond donors (Lipinski definition) is 0. The van der Waals surface area contributed by atoms with Crippen molar-refractivity contribution in [1.82, 2.24) is 5.06 Å². The molecule has 0 aliphatic carbocycles. The number of furan rings is 1. The second-order valence-corrected chi connectivity index (χ2v) is 2.46. The molecule has 1 rings (SSSR count). The molecule has 66 valence electrons. The summed E-state index contributed by atoms with van der Waals surface area (Å²) >= 11 is 5.47. The average molecular weight is 190 g/mol. The number of hydrogen-bond acceptors (Lipinski definition) is 3. The standard InChI is InChI=1S/C7H8ClNO3/c1-9(11-2)7(10)5-3-4-6(8)12-5/h3-4H,1-2H3. The summed E-state index contributed by atoms with van der Waals surface area (Å²) in [7, 11) is 2.88. The molecule has 4 nitrogen and oxygen atoms in total. The summed E-state index contributed by atoms with van der Waals surface area (Å²) in [4.78, 5) is 15.9. The molecule has 1 aromatic rings. The Kier molecular flexibility index (Phi) is 2.73. The van der Waals surface area contributed by atoms with E-state index in [1.54, 1.807) is 0 Å². The van der Waals surface area contributed by atoms with Crippen molar-refractivity contribution in [3.8, 4) is 0 Å². The fraction of sp³-hybridized carbons (Fsp3) is 0.286. The zero-order chi connectivity index (χ0) is 9.14. The molecule has 0 atom stereocenters. The van der Waals surface area contributed by atoms with E-state index in [9.17, 15) is 4.79 Å². The largest absolute Gasteiger partial charge is 0.439 e. The van der Waals surface area contributed by atoms with E-state index in [0.717, 1.165) is 5.06 Å². The number of carbonyl (C=O) groups is 1. The lowest BCUT2D eigenvalue weighted by atomic mass is 10.4. The third-order valence-electron chi connectivity index (χ3n) is 1.34. The van der Waals surface area contributed by atoms with Crippen LogP contribution in [0, 0.1) is 0 Å². The van der Waals surface area contributed by atoms with Gasteiger partial charge in [-0.2, -0.15) is 0 Å². The smallest absolute Gasteiger partial charge is 0.312 e. The summed E-state index contributed by atoms with van der Waals surface area (Å²) < 4.78 is 4.86. The van der Waals surface area contributed by atoms with Gasteiger partial charge in [0.05, 0.1) is 7.11 Å². The monoisotopic (exact) mass is 189 g/mol. The van der Waals surface area contributed by atoms with E-state index < -0.39 is 0 Å². The van der Waals surface area contributed by atoms with Crippen LogP contribution >= 0.6 is 11.6 Å². The second-order valence-electron chi connectivity index (χ2n) is 2.09. The first kappa shape index (κ1) is 9.09. The van der Waals surface area contributed by atoms with Crippen molar-refractivity contribution in [2.24, 2.45) is 0 Å². The maximum absolute atomic E-state index is 11.2. The van der Waals surface area contributed by atoms with Gasteiger partial charge in [0.2, 0.25) is 0 Å². The van der Waals surface area contributed by atoms with E-state index in [2.05, 4.69) is 4.84 Å². The van der Waals surface area contributed by atoms with Crippen LogP contribution in [0.15, 0.2) is 16.5 Å². The lowest BCUT2D eigenvalue weighted by Crippen LogP contribution is -2.24. The summed E-state index contributed by atoms with van der Waals surface area (Å²) in [5.41, 5.74) is 0. The maximum Gasteiger partial charge on any atom is 0.312 e. The van der Waals surface area contributed by atoms with E-state index in [1.165, 1.54) is 26.3 Å². The van der Waals surface area contributed by atoms with Crippen molar-refractivity contribution in [2.75, 3.05) is 14.2 Å². The predicted octanol–water partition coefficient (Wildman–Crippen LogP) is 1.57. The Morgan fingerprint density at radius 3 is 2.75 bits per heavy atom. The molecule has 5 heteroatoms. The maximum atomic E-state index is 11.2. The van der Waals surface area contributed by atoms with Gasteiger partial charge in [-0.3, -0.25) is 9.63 Å². The van der Waals surface area contributed by atoms with E-state index >= 15 is 0 Å². The van der Waals surface area contributed by atoms with E-state index in [1.807, 2.05) is 0 Å². The van der Waals surface area contributed by atoms with Crippen molar-refractivity contribution in [3.63, 3.8) is 0 Å². The van der Waals surface area contributed by atoms with Gasteiger partial charge in [-0.15, -0.1) is 0 Å². The Bertz CT molecular complexity index is 284. The Morgan fingerprint density at radius 2 is 2.33 bits per heavy atom. The van der Waals surface area contributed by atoms with Crippen molar-refractivity contribution in [3.05, 3.63) is 23.1 Å². The van der Waals surface area contributed by atoms with E-state index in [4.69, 9.17) is 16.0 Å². The minimum absolute atomic E-state index is 0.157. The molecule has 0 unspecified atom stereocenters. The van der Waals surface area contributed by atoms with Crippen molar-refractivity contribution in [2.45, 2.75) is 0 Å². The summed E-state index contributed by atoms with van der Waals surface area (Å²) in [5.74, 6) is -0.214. The van der Waals surface area contributed by atoms with E-state index in [0.29, 0.717) is 0 Å². The topological polar surface area (TPSA) is 42.7 Å². The lowest BCUT2D eigenvalue weighted by molar-refractivity contribution is -0.0773. The SMILES string of the molecule is CON(C)C(=O)c1ccc(Cl)o1. The number of rotatable bonds is 2. The first-order valence-corrected chi connectivity index (χ1v) is 3.60.